The third kappa shape index (κ3) is 3.18. The Balaban J connectivity index is 1.78. The van der Waals surface area contributed by atoms with Gasteiger partial charge in [-0.15, -0.1) is 0 Å². The van der Waals surface area contributed by atoms with Crippen molar-refractivity contribution in [3.63, 3.8) is 0 Å². The Labute approximate surface area is 166 Å². The first-order valence-corrected chi connectivity index (χ1v) is 8.99. The van der Waals surface area contributed by atoms with E-state index in [2.05, 4.69) is 5.32 Å². The molecule has 0 saturated carbocycles. The van der Waals surface area contributed by atoms with Crippen LogP contribution in [0.1, 0.15) is 11.1 Å². The molecular weight excluding hydrogens is 378 g/mol. The zero-order chi connectivity index (χ0) is 19.8. The smallest absolute Gasteiger partial charge is 0.331 e. The van der Waals surface area contributed by atoms with Gasteiger partial charge in [-0.2, -0.15) is 0 Å². The number of barbiturate groups is 1. The van der Waals surface area contributed by atoms with Crippen LogP contribution in [0.25, 0.3) is 17.0 Å². The van der Waals surface area contributed by atoms with Crippen LogP contribution in [0.5, 0.6) is 0 Å². The molecule has 4 rings (SSSR count). The van der Waals surface area contributed by atoms with Crippen molar-refractivity contribution >= 4 is 46.4 Å². The summed E-state index contributed by atoms with van der Waals surface area (Å²) in [5.41, 5.74) is 2.70. The topological polar surface area (TPSA) is 71.4 Å². The highest BCUT2D eigenvalue weighted by Crippen LogP contribution is 2.26. The number of amides is 4. The Kier molecular flexibility index (Phi) is 4.49. The highest BCUT2D eigenvalue weighted by Gasteiger charge is 2.33. The summed E-state index contributed by atoms with van der Waals surface area (Å²) in [7, 11) is 1.34. The largest absolute Gasteiger partial charge is 0.342 e. The van der Waals surface area contributed by atoms with E-state index in [1.54, 1.807) is 0 Å². The van der Waals surface area contributed by atoms with Crippen molar-refractivity contribution in [3.05, 3.63) is 76.5 Å². The van der Waals surface area contributed by atoms with E-state index in [9.17, 15) is 14.4 Å². The molecule has 1 fully saturated rings. The Hall–Kier alpha value is -3.38. The molecule has 3 aromatic rings. The Morgan fingerprint density at radius 3 is 2.50 bits per heavy atom. The van der Waals surface area contributed by atoms with Crippen LogP contribution in [-0.4, -0.2) is 34.4 Å². The van der Waals surface area contributed by atoms with Crippen molar-refractivity contribution in [2.75, 3.05) is 7.05 Å². The van der Waals surface area contributed by atoms with E-state index in [1.165, 1.54) is 13.1 Å². The molecule has 1 N–H and O–H groups in total. The lowest BCUT2D eigenvalue weighted by atomic mass is 10.1. The number of likely N-dealkylation sites (N-methyl/N-ethyl adjacent to an activating group) is 1. The zero-order valence-electron chi connectivity index (χ0n) is 15.0. The van der Waals surface area contributed by atoms with Gasteiger partial charge >= 0.3 is 6.03 Å². The number of imide groups is 2. The monoisotopic (exact) mass is 393 g/mol. The van der Waals surface area contributed by atoms with E-state index in [-0.39, 0.29) is 5.57 Å². The molecular formula is C21H16ClN3O3. The van der Waals surface area contributed by atoms with Crippen LogP contribution in [0.15, 0.2) is 60.3 Å². The van der Waals surface area contributed by atoms with Crippen LogP contribution in [-0.2, 0) is 16.1 Å². The molecule has 0 bridgehead atoms. The molecule has 0 spiro atoms. The second kappa shape index (κ2) is 6.98. The lowest BCUT2D eigenvalue weighted by molar-refractivity contribution is -0.129. The van der Waals surface area contributed by atoms with E-state index in [4.69, 9.17) is 11.6 Å². The molecule has 28 heavy (non-hydrogen) atoms. The van der Waals surface area contributed by atoms with Crippen molar-refractivity contribution in [1.82, 2.24) is 14.8 Å². The van der Waals surface area contributed by atoms with E-state index in [0.29, 0.717) is 11.6 Å². The summed E-state index contributed by atoms with van der Waals surface area (Å²) in [6.45, 7) is 0.611. The van der Waals surface area contributed by atoms with E-state index in [0.717, 1.165) is 26.9 Å². The number of halogens is 1. The van der Waals surface area contributed by atoms with Gasteiger partial charge in [-0.05, 0) is 29.8 Å². The maximum absolute atomic E-state index is 12.4. The Bertz CT molecular complexity index is 1150. The highest BCUT2D eigenvalue weighted by molar-refractivity contribution is 6.31. The van der Waals surface area contributed by atoms with Crippen LogP contribution in [0.4, 0.5) is 4.79 Å². The fraction of sp³-hybridized carbons (Fsp3) is 0.0952. The fourth-order valence-electron chi connectivity index (χ4n) is 3.21. The average Bonchev–Trinajstić information content (AvgIpc) is 3.03. The summed E-state index contributed by atoms with van der Waals surface area (Å²) in [4.78, 5) is 37.0. The van der Waals surface area contributed by atoms with Gasteiger partial charge in [0.05, 0.1) is 0 Å². The van der Waals surface area contributed by atoms with Crippen molar-refractivity contribution in [2.45, 2.75) is 6.54 Å². The van der Waals surface area contributed by atoms with Crippen LogP contribution in [0, 0.1) is 0 Å². The summed E-state index contributed by atoms with van der Waals surface area (Å²) >= 11 is 5.96. The molecule has 140 valence electrons. The predicted molar refractivity (Wildman–Crippen MR) is 107 cm³/mol. The van der Waals surface area contributed by atoms with Crippen LogP contribution >= 0.6 is 11.6 Å². The number of para-hydroxylation sites is 1. The molecule has 1 aromatic heterocycles. The fourth-order valence-corrected chi connectivity index (χ4v) is 3.33. The quantitative estimate of drug-likeness (QED) is 0.547. The first-order valence-electron chi connectivity index (χ1n) is 8.61. The normalized spacial score (nSPS) is 16.1. The molecule has 0 unspecified atom stereocenters. The van der Waals surface area contributed by atoms with Crippen LogP contribution in [0.3, 0.4) is 0 Å². The zero-order valence-corrected chi connectivity index (χ0v) is 15.7. The number of aromatic nitrogens is 1. The molecule has 1 saturated heterocycles. The van der Waals surface area contributed by atoms with Gasteiger partial charge in [0.1, 0.15) is 5.57 Å². The number of benzene rings is 2. The van der Waals surface area contributed by atoms with Gasteiger partial charge in [0.15, 0.2) is 0 Å². The minimum absolute atomic E-state index is 0.0727. The minimum Gasteiger partial charge on any atom is -0.342 e. The number of carbonyl (C=O) groups is 3. The molecule has 2 aromatic carbocycles. The number of nitrogens with zero attached hydrogens (tertiary/aromatic N) is 2. The Morgan fingerprint density at radius 2 is 1.75 bits per heavy atom. The number of hydrogen-bond acceptors (Lipinski definition) is 3. The molecule has 6 nitrogen and oxygen atoms in total. The summed E-state index contributed by atoms with van der Waals surface area (Å²) in [5, 5.41) is 3.75. The minimum atomic E-state index is -0.725. The maximum Gasteiger partial charge on any atom is 0.331 e. The second-order valence-corrected chi connectivity index (χ2v) is 6.97. The Morgan fingerprint density at radius 1 is 1.04 bits per heavy atom. The van der Waals surface area contributed by atoms with Crippen LogP contribution < -0.4 is 5.32 Å². The van der Waals surface area contributed by atoms with Gasteiger partial charge in [0, 0.05) is 41.3 Å². The molecule has 4 amide bonds. The standard InChI is InChI=1S/C21H16ClN3O3/c1-24-20(27)17(19(26)23-21(24)28)10-14-12-25(18-5-3-2-4-16(14)18)11-13-6-8-15(22)9-7-13/h2-10,12H,11H2,1H3,(H,23,26,28)/b17-10-. The molecule has 0 radical (unpaired) electrons. The lowest BCUT2D eigenvalue weighted by Crippen LogP contribution is -2.52. The molecule has 1 aliphatic heterocycles. The van der Waals surface area contributed by atoms with Gasteiger partial charge in [-0.3, -0.25) is 19.8 Å². The number of rotatable bonds is 3. The van der Waals surface area contributed by atoms with E-state index < -0.39 is 17.8 Å². The van der Waals surface area contributed by atoms with E-state index >= 15 is 0 Å². The van der Waals surface area contributed by atoms with Crippen LogP contribution in [0.2, 0.25) is 5.02 Å². The number of fused-ring (bicyclic) bond motifs is 1. The SMILES string of the molecule is CN1C(=O)NC(=O)/C(=C/c2cn(Cc3ccc(Cl)cc3)c3ccccc23)C1=O. The van der Waals surface area contributed by atoms with Gasteiger partial charge in [0.25, 0.3) is 11.8 Å². The van der Waals surface area contributed by atoms with Gasteiger partial charge in [-0.25, -0.2) is 4.79 Å². The lowest BCUT2D eigenvalue weighted by Gasteiger charge is -2.22. The van der Waals surface area contributed by atoms with E-state index in [1.807, 2.05) is 59.3 Å². The molecule has 0 aliphatic carbocycles. The third-order valence-corrected chi connectivity index (χ3v) is 4.94. The van der Waals surface area contributed by atoms with Gasteiger partial charge in [-0.1, -0.05) is 41.9 Å². The summed E-state index contributed by atoms with van der Waals surface area (Å²) in [6.07, 6.45) is 3.42. The molecule has 1 aliphatic rings. The number of nitrogens with one attached hydrogen (secondary N) is 1. The average molecular weight is 394 g/mol. The van der Waals surface area contributed by atoms with Crippen molar-refractivity contribution in [2.24, 2.45) is 0 Å². The number of hydrogen-bond donors (Lipinski definition) is 1. The third-order valence-electron chi connectivity index (χ3n) is 4.69. The van der Waals surface area contributed by atoms with Crippen molar-refractivity contribution < 1.29 is 14.4 Å². The number of urea groups is 1. The summed E-state index contributed by atoms with van der Waals surface area (Å²) in [6, 6.07) is 14.6. The highest BCUT2D eigenvalue weighted by atomic mass is 35.5. The molecule has 0 atom stereocenters. The molecule has 2 heterocycles. The maximum atomic E-state index is 12.4. The van der Waals surface area contributed by atoms with Gasteiger partial charge < -0.3 is 4.57 Å². The predicted octanol–water partition coefficient (Wildman–Crippen LogP) is 3.43. The van der Waals surface area contributed by atoms with Gasteiger partial charge in [0.2, 0.25) is 0 Å². The molecule has 7 heteroatoms. The summed E-state index contributed by atoms with van der Waals surface area (Å²) < 4.78 is 2.05. The number of carbonyl (C=O) groups excluding carboxylic acids is 3. The second-order valence-electron chi connectivity index (χ2n) is 6.54. The van der Waals surface area contributed by atoms with Crippen molar-refractivity contribution in [1.29, 1.82) is 0 Å². The van der Waals surface area contributed by atoms with Crippen molar-refractivity contribution in [3.8, 4) is 0 Å². The first-order chi connectivity index (χ1) is 13.4. The first kappa shape index (κ1) is 18.0. The summed E-state index contributed by atoms with van der Waals surface area (Å²) in [5.74, 6) is -1.31.